The number of aromatic nitrogens is 2. The summed E-state index contributed by atoms with van der Waals surface area (Å²) < 4.78 is 26.0. The zero-order chi connectivity index (χ0) is 13.8. The summed E-state index contributed by atoms with van der Waals surface area (Å²) in [6.07, 6.45) is 1.48. The molecule has 1 aromatic heterocycles. The van der Waals surface area contributed by atoms with Crippen molar-refractivity contribution in [1.29, 1.82) is 0 Å². The van der Waals surface area contributed by atoms with Gasteiger partial charge < -0.3 is 4.90 Å². The molecule has 0 fully saturated rings. The third kappa shape index (κ3) is 5.48. The van der Waals surface area contributed by atoms with Gasteiger partial charge in [0.25, 0.3) is 10.1 Å². The molecule has 1 rings (SSSR count). The van der Waals surface area contributed by atoms with E-state index >= 15 is 0 Å². The number of hydrogen-bond donors (Lipinski definition) is 1. The highest BCUT2D eigenvalue weighted by molar-refractivity contribution is 7.85. The second kappa shape index (κ2) is 6.17. The number of aromatic amines is 1. The van der Waals surface area contributed by atoms with Crippen molar-refractivity contribution in [2.75, 3.05) is 31.4 Å². The Hall–Kier alpha value is -1.12. The van der Waals surface area contributed by atoms with Crippen LogP contribution in [0.3, 0.4) is 0 Å². The maximum Gasteiger partial charge on any atom is 0.348 e. The van der Waals surface area contributed by atoms with Gasteiger partial charge in [0.05, 0.1) is 12.9 Å². The molecular formula is C9H14ClN3O4S. The van der Waals surface area contributed by atoms with Crippen LogP contribution in [0.1, 0.15) is 6.42 Å². The van der Waals surface area contributed by atoms with E-state index in [-0.39, 0.29) is 11.8 Å². The van der Waals surface area contributed by atoms with Gasteiger partial charge in [0.2, 0.25) is 0 Å². The molecule has 0 bridgehead atoms. The van der Waals surface area contributed by atoms with E-state index in [1.807, 2.05) is 0 Å². The first kappa shape index (κ1) is 14.9. The van der Waals surface area contributed by atoms with Crippen molar-refractivity contribution < 1.29 is 12.6 Å². The van der Waals surface area contributed by atoms with Crippen LogP contribution in [0.15, 0.2) is 10.9 Å². The lowest BCUT2D eigenvalue weighted by Crippen LogP contribution is -2.24. The number of nitrogens with zero attached hydrogens (tertiary/aromatic N) is 2. The third-order valence-corrected chi connectivity index (χ3v) is 2.82. The Balaban J connectivity index is 2.50. The van der Waals surface area contributed by atoms with Gasteiger partial charge in [0.15, 0.2) is 0 Å². The van der Waals surface area contributed by atoms with Crippen LogP contribution in [0.4, 0.5) is 5.82 Å². The van der Waals surface area contributed by atoms with Crippen molar-refractivity contribution in [3.8, 4) is 0 Å². The lowest BCUT2D eigenvalue weighted by molar-refractivity contribution is 0.317. The van der Waals surface area contributed by atoms with E-state index in [1.54, 1.807) is 11.9 Å². The van der Waals surface area contributed by atoms with Gasteiger partial charge in [-0.2, -0.15) is 13.4 Å². The standard InChI is InChI=1S/C9H14ClN3O4S/c1-13(4-3-5-17-18(2,15)16)8-6-7(10)11-9(14)12-8/h6H,3-5H2,1-2H3,(H,11,12,14). The van der Waals surface area contributed by atoms with E-state index in [4.69, 9.17) is 11.6 Å². The van der Waals surface area contributed by atoms with Crippen LogP contribution in [0.2, 0.25) is 5.15 Å². The maximum absolute atomic E-state index is 11.1. The Kier molecular flexibility index (Phi) is 5.12. The Morgan fingerprint density at radius 3 is 2.78 bits per heavy atom. The molecule has 18 heavy (non-hydrogen) atoms. The Labute approximate surface area is 110 Å². The summed E-state index contributed by atoms with van der Waals surface area (Å²) in [7, 11) is -1.69. The summed E-state index contributed by atoms with van der Waals surface area (Å²) in [5.41, 5.74) is -0.531. The van der Waals surface area contributed by atoms with Gasteiger partial charge in [0.1, 0.15) is 11.0 Å². The van der Waals surface area contributed by atoms with E-state index < -0.39 is 15.8 Å². The minimum atomic E-state index is -3.41. The molecule has 1 heterocycles. The fourth-order valence-corrected chi connectivity index (χ4v) is 1.84. The fourth-order valence-electron chi connectivity index (χ4n) is 1.24. The topological polar surface area (TPSA) is 92.4 Å². The average Bonchev–Trinajstić information content (AvgIpc) is 2.21. The molecule has 0 atom stereocenters. The highest BCUT2D eigenvalue weighted by Crippen LogP contribution is 2.11. The van der Waals surface area contributed by atoms with E-state index in [9.17, 15) is 13.2 Å². The molecule has 102 valence electrons. The normalized spacial score (nSPS) is 11.5. The zero-order valence-electron chi connectivity index (χ0n) is 10.0. The SMILES string of the molecule is CN(CCCOS(C)(=O)=O)c1cc(Cl)[nH]c(=O)n1. The smallest absolute Gasteiger partial charge is 0.348 e. The number of hydrogen-bond acceptors (Lipinski definition) is 6. The number of anilines is 1. The van der Waals surface area contributed by atoms with Crippen molar-refractivity contribution in [2.24, 2.45) is 0 Å². The molecule has 0 aliphatic rings. The number of H-pyrrole nitrogens is 1. The summed E-state index contributed by atoms with van der Waals surface area (Å²) in [5.74, 6) is 0.420. The molecule has 0 saturated carbocycles. The summed E-state index contributed by atoms with van der Waals surface area (Å²) in [6.45, 7) is 0.572. The van der Waals surface area contributed by atoms with Crippen LogP contribution in [0.25, 0.3) is 0 Å². The minimum absolute atomic E-state index is 0.0834. The molecule has 0 aromatic carbocycles. The van der Waals surface area contributed by atoms with Crippen LogP contribution in [0.5, 0.6) is 0 Å². The van der Waals surface area contributed by atoms with Gasteiger partial charge >= 0.3 is 5.69 Å². The Morgan fingerprint density at radius 1 is 1.56 bits per heavy atom. The predicted molar refractivity (Wildman–Crippen MR) is 68.6 cm³/mol. The van der Waals surface area contributed by atoms with Gasteiger partial charge in [-0.1, -0.05) is 11.6 Å². The van der Waals surface area contributed by atoms with Gasteiger partial charge in [0, 0.05) is 19.7 Å². The van der Waals surface area contributed by atoms with Gasteiger partial charge in [-0.05, 0) is 6.42 Å². The Morgan fingerprint density at radius 2 is 2.22 bits per heavy atom. The quantitative estimate of drug-likeness (QED) is 0.459. The predicted octanol–water partition coefficient (Wildman–Crippen LogP) is 0.226. The molecule has 0 aliphatic carbocycles. The highest BCUT2D eigenvalue weighted by Gasteiger charge is 2.06. The molecule has 0 amide bonds. The molecule has 0 radical (unpaired) electrons. The average molecular weight is 296 g/mol. The summed E-state index contributed by atoms with van der Waals surface area (Å²) >= 11 is 5.69. The first-order valence-electron chi connectivity index (χ1n) is 5.10. The first-order valence-corrected chi connectivity index (χ1v) is 7.30. The minimum Gasteiger partial charge on any atom is -0.359 e. The maximum atomic E-state index is 11.1. The van der Waals surface area contributed by atoms with Crippen LogP contribution in [0, 0.1) is 0 Å². The molecule has 0 spiro atoms. The van der Waals surface area contributed by atoms with E-state index in [1.165, 1.54) is 6.07 Å². The lowest BCUT2D eigenvalue weighted by Gasteiger charge is -2.17. The fraction of sp³-hybridized carbons (Fsp3) is 0.556. The molecule has 0 aliphatic heterocycles. The first-order chi connectivity index (χ1) is 8.28. The second-order valence-electron chi connectivity index (χ2n) is 3.69. The van der Waals surface area contributed by atoms with Crippen molar-refractivity contribution in [1.82, 2.24) is 9.97 Å². The lowest BCUT2D eigenvalue weighted by atomic mass is 10.4. The number of halogens is 1. The third-order valence-electron chi connectivity index (χ3n) is 2.02. The molecule has 1 aromatic rings. The molecule has 9 heteroatoms. The summed E-state index contributed by atoms with van der Waals surface area (Å²) in [6, 6.07) is 1.51. The van der Waals surface area contributed by atoms with E-state index in [0.717, 1.165) is 6.26 Å². The molecule has 0 unspecified atom stereocenters. The van der Waals surface area contributed by atoms with Crippen LogP contribution in [-0.4, -0.2) is 44.8 Å². The molecule has 0 saturated heterocycles. The van der Waals surface area contributed by atoms with E-state index in [2.05, 4.69) is 14.2 Å². The summed E-state index contributed by atoms with van der Waals surface area (Å²) in [4.78, 5) is 18.8. The highest BCUT2D eigenvalue weighted by atomic mass is 35.5. The molecule has 1 N–H and O–H groups in total. The van der Waals surface area contributed by atoms with Crippen molar-refractivity contribution in [2.45, 2.75) is 6.42 Å². The van der Waals surface area contributed by atoms with Crippen molar-refractivity contribution >= 4 is 27.5 Å². The van der Waals surface area contributed by atoms with Gasteiger partial charge in [-0.3, -0.25) is 9.17 Å². The Bertz CT molecular complexity index is 557. The largest absolute Gasteiger partial charge is 0.359 e. The van der Waals surface area contributed by atoms with Crippen LogP contribution >= 0.6 is 11.6 Å². The van der Waals surface area contributed by atoms with Crippen LogP contribution < -0.4 is 10.6 Å². The second-order valence-corrected chi connectivity index (χ2v) is 5.74. The monoisotopic (exact) mass is 295 g/mol. The van der Waals surface area contributed by atoms with Crippen molar-refractivity contribution in [3.63, 3.8) is 0 Å². The number of rotatable bonds is 6. The van der Waals surface area contributed by atoms with Gasteiger partial charge in [-0.15, -0.1) is 0 Å². The van der Waals surface area contributed by atoms with Gasteiger partial charge in [-0.25, -0.2) is 4.79 Å². The van der Waals surface area contributed by atoms with E-state index in [0.29, 0.717) is 18.8 Å². The summed E-state index contributed by atoms with van der Waals surface area (Å²) in [5, 5.41) is 0.198. The number of nitrogens with one attached hydrogen (secondary N) is 1. The molecular weight excluding hydrogens is 282 g/mol. The van der Waals surface area contributed by atoms with Crippen molar-refractivity contribution in [3.05, 3.63) is 21.7 Å². The zero-order valence-corrected chi connectivity index (χ0v) is 11.6. The molecule has 7 nitrogen and oxygen atoms in total. The van der Waals surface area contributed by atoms with Crippen LogP contribution in [-0.2, 0) is 14.3 Å².